The zero-order valence-electron chi connectivity index (χ0n) is 23.3. The molecule has 22 nitrogen and oxygen atoms in total. The average molecular weight is 687 g/mol. The van der Waals surface area contributed by atoms with Crippen LogP contribution in [0.25, 0.3) is 22.3 Å². The lowest BCUT2D eigenvalue weighted by Crippen LogP contribution is -2.41. The molecular formula is C21H24FN11O11P2-2. The van der Waals surface area contributed by atoms with Gasteiger partial charge in [0.2, 0.25) is 13.7 Å². The van der Waals surface area contributed by atoms with Crippen LogP contribution in [-0.2, 0) is 36.9 Å². The third kappa shape index (κ3) is 5.38. The van der Waals surface area contributed by atoms with Gasteiger partial charge in [-0.2, -0.15) is 4.98 Å². The number of H-pyrrole nitrogens is 1. The zero-order valence-corrected chi connectivity index (χ0v) is 25.1. The van der Waals surface area contributed by atoms with E-state index in [-0.39, 0.29) is 34.1 Å². The molecule has 10 atom stereocenters. The van der Waals surface area contributed by atoms with E-state index >= 15 is 4.39 Å². The molecule has 0 radical (unpaired) electrons. The van der Waals surface area contributed by atoms with E-state index in [0.717, 1.165) is 23.5 Å². The second kappa shape index (κ2) is 11.3. The first-order valence-corrected chi connectivity index (χ1v) is 16.4. The Hall–Kier alpha value is -3.47. The third-order valence-corrected chi connectivity index (χ3v) is 9.66. The number of nitrogen functional groups attached to an aromatic ring is 2. The van der Waals surface area contributed by atoms with Crippen LogP contribution < -0.4 is 31.9 Å². The lowest BCUT2D eigenvalue weighted by atomic mass is 10.1. The minimum Gasteiger partial charge on any atom is -0.766 e. The van der Waals surface area contributed by atoms with Crippen molar-refractivity contribution in [3.05, 3.63) is 29.3 Å². The quantitative estimate of drug-likeness (QED) is 0.163. The Morgan fingerprint density at radius 2 is 1.72 bits per heavy atom. The molecule has 10 unspecified atom stereocenters. The summed E-state index contributed by atoms with van der Waals surface area (Å²) in [7, 11) is -9.24. The lowest BCUT2D eigenvalue weighted by Gasteiger charge is -2.33. The Balaban J connectivity index is 1.22. The number of nitrogens with one attached hydrogen (secondary N) is 2. The van der Waals surface area contributed by atoms with Crippen LogP contribution in [0.3, 0.4) is 0 Å². The molecule has 0 aliphatic carbocycles. The predicted molar refractivity (Wildman–Crippen MR) is 145 cm³/mol. The number of alkyl halides is 1. The summed E-state index contributed by atoms with van der Waals surface area (Å²) in [6.07, 6.45) is -9.32. The number of nitrogens with zero attached hydrogens (tertiary/aromatic N) is 7. The van der Waals surface area contributed by atoms with Crippen LogP contribution in [0.2, 0.25) is 0 Å². The number of halogens is 1. The van der Waals surface area contributed by atoms with Crippen LogP contribution in [0.1, 0.15) is 12.5 Å². The van der Waals surface area contributed by atoms with E-state index in [1.807, 2.05) is 0 Å². The van der Waals surface area contributed by atoms with Crippen LogP contribution in [-0.4, -0.2) is 96.0 Å². The fourth-order valence-corrected chi connectivity index (χ4v) is 7.56. The van der Waals surface area contributed by atoms with Gasteiger partial charge in [-0.1, -0.05) is 0 Å². The van der Waals surface area contributed by atoms with Gasteiger partial charge in [-0.25, -0.2) is 24.3 Å². The topological polar surface area (TPSA) is 307 Å². The van der Waals surface area contributed by atoms with Crippen molar-refractivity contribution >= 4 is 49.7 Å². The molecule has 3 aliphatic rings. The standard InChI is InChI=1S/C21H26FN11O11P2/c1-39-13-8-3-40-46(37,38)44-12-7(41-19(9(12)22)32-5-27-10-15(23)25-4-26-16(10)32)2-29-45(35,36)43-14(13)20(42-8)33-6-28-11-17(33)30-21(24)31-18(11)34/h4-9,12-14,19-20H,2-3H2,1H3,(H,37,38)(H2,23,25,26)(H2,29,35,36)(H3,24,30,31,34)/p-2. The smallest absolute Gasteiger partial charge is 0.280 e. The summed E-state index contributed by atoms with van der Waals surface area (Å²) in [4.78, 5) is 60.9. The number of imidazole rings is 2. The van der Waals surface area contributed by atoms with Gasteiger partial charge in [0, 0.05) is 13.7 Å². The van der Waals surface area contributed by atoms with E-state index in [1.165, 1.54) is 11.7 Å². The molecule has 3 fully saturated rings. The summed E-state index contributed by atoms with van der Waals surface area (Å²) in [6, 6.07) is 0. The fourth-order valence-electron chi connectivity index (χ4n) is 5.60. The zero-order chi connectivity index (χ0) is 32.5. The van der Waals surface area contributed by atoms with Crippen LogP contribution in [0.4, 0.5) is 16.2 Å². The van der Waals surface area contributed by atoms with Crippen molar-refractivity contribution in [3.8, 4) is 0 Å². The largest absolute Gasteiger partial charge is 0.766 e. The molecule has 0 amide bonds. The molecule has 0 spiro atoms. The SMILES string of the molecule is COC1C2COP(=O)([O-])OC3C(CNP(=O)([O-])OC1C(n1cnc4c(=O)[nH]c(N)nc41)O2)OC(n1cnc2c(N)ncnc21)C3F. The summed E-state index contributed by atoms with van der Waals surface area (Å²) >= 11 is 0. The number of methoxy groups -OCH3 is 1. The maximum atomic E-state index is 15.9. The number of phosphoric acid groups is 1. The van der Waals surface area contributed by atoms with Crippen molar-refractivity contribution in [1.82, 2.24) is 44.1 Å². The van der Waals surface area contributed by atoms with Gasteiger partial charge >= 0.3 is 0 Å². The maximum absolute atomic E-state index is 15.9. The summed E-state index contributed by atoms with van der Waals surface area (Å²) in [5.74, 6) is -0.269. The van der Waals surface area contributed by atoms with E-state index in [2.05, 4.69) is 35.0 Å². The Bertz CT molecular complexity index is 1960. The molecule has 248 valence electrons. The Morgan fingerprint density at radius 1 is 1.00 bits per heavy atom. The molecule has 2 bridgehead atoms. The van der Waals surface area contributed by atoms with E-state index in [0.29, 0.717) is 0 Å². The Kier molecular flexibility index (Phi) is 7.68. The van der Waals surface area contributed by atoms with Crippen molar-refractivity contribution in [2.45, 2.75) is 49.1 Å². The van der Waals surface area contributed by atoms with Crippen molar-refractivity contribution in [2.75, 3.05) is 31.7 Å². The van der Waals surface area contributed by atoms with E-state index in [4.69, 9.17) is 39.2 Å². The summed E-state index contributed by atoms with van der Waals surface area (Å²) in [5.41, 5.74) is 10.8. The molecule has 25 heteroatoms. The monoisotopic (exact) mass is 687 g/mol. The predicted octanol–water partition coefficient (Wildman–Crippen LogP) is -2.40. The molecular weight excluding hydrogens is 663 g/mol. The van der Waals surface area contributed by atoms with Crippen molar-refractivity contribution < 1.29 is 51.1 Å². The molecule has 6 N–H and O–H groups in total. The van der Waals surface area contributed by atoms with Gasteiger partial charge in [0.1, 0.15) is 42.4 Å². The van der Waals surface area contributed by atoms with Crippen molar-refractivity contribution in [3.63, 3.8) is 0 Å². The highest BCUT2D eigenvalue weighted by Crippen LogP contribution is 2.50. The van der Waals surface area contributed by atoms with E-state index in [1.54, 1.807) is 0 Å². The number of fused-ring (bicyclic) bond motifs is 5. The molecule has 7 rings (SSSR count). The number of aromatic amines is 1. The first-order chi connectivity index (χ1) is 21.9. The number of anilines is 2. The van der Waals surface area contributed by atoms with Gasteiger partial charge in [-0.05, 0) is 0 Å². The number of aromatic nitrogens is 8. The average Bonchev–Trinajstić information content (AvgIpc) is 3.75. The molecule has 3 saturated heterocycles. The van der Waals surface area contributed by atoms with E-state index < -0.39 is 83.4 Å². The van der Waals surface area contributed by atoms with Crippen LogP contribution in [0.15, 0.2) is 23.8 Å². The first-order valence-electron chi connectivity index (χ1n) is 13.4. The number of hydrogen-bond acceptors (Lipinski definition) is 18. The second-order valence-corrected chi connectivity index (χ2v) is 13.3. The molecule has 3 aliphatic heterocycles. The van der Waals surface area contributed by atoms with Gasteiger partial charge in [0.05, 0.1) is 19.3 Å². The second-order valence-electron chi connectivity index (χ2n) is 10.4. The molecule has 46 heavy (non-hydrogen) atoms. The van der Waals surface area contributed by atoms with Crippen LogP contribution in [0, 0.1) is 0 Å². The van der Waals surface area contributed by atoms with Crippen LogP contribution in [0.5, 0.6) is 0 Å². The minimum absolute atomic E-state index is 0.00112. The lowest BCUT2D eigenvalue weighted by molar-refractivity contribution is -0.235. The van der Waals surface area contributed by atoms with Gasteiger partial charge in [0.15, 0.2) is 41.3 Å². The Labute approximate surface area is 255 Å². The summed E-state index contributed by atoms with van der Waals surface area (Å²) < 4.78 is 77.4. The number of rotatable bonds is 3. The summed E-state index contributed by atoms with van der Waals surface area (Å²) in [5, 5.41) is 2.15. The highest BCUT2D eigenvalue weighted by molar-refractivity contribution is 7.49. The first kappa shape index (κ1) is 31.1. The summed E-state index contributed by atoms with van der Waals surface area (Å²) in [6.45, 7) is -1.50. The normalized spacial score (nSPS) is 37.1. The molecule has 4 aromatic heterocycles. The Morgan fingerprint density at radius 3 is 2.48 bits per heavy atom. The van der Waals surface area contributed by atoms with Gasteiger partial charge in [0.25, 0.3) is 13.4 Å². The van der Waals surface area contributed by atoms with Crippen molar-refractivity contribution in [1.29, 1.82) is 0 Å². The van der Waals surface area contributed by atoms with Gasteiger partial charge < -0.3 is 49.0 Å². The highest BCUT2D eigenvalue weighted by Gasteiger charge is 2.52. The van der Waals surface area contributed by atoms with Crippen LogP contribution >= 0.6 is 15.6 Å². The highest BCUT2D eigenvalue weighted by atomic mass is 31.2. The van der Waals surface area contributed by atoms with Crippen molar-refractivity contribution in [2.24, 2.45) is 0 Å². The molecule has 7 heterocycles. The number of ether oxygens (including phenoxy) is 3. The van der Waals surface area contributed by atoms with Gasteiger partial charge in [-0.15, -0.1) is 0 Å². The molecule has 0 saturated carbocycles. The number of nitrogens with two attached hydrogens (primary N) is 2. The molecule has 4 aromatic rings. The minimum atomic E-state index is -5.34. The number of hydrogen-bond donors (Lipinski definition) is 4. The maximum Gasteiger partial charge on any atom is 0.280 e. The van der Waals surface area contributed by atoms with Gasteiger partial charge in [-0.3, -0.25) is 33.1 Å². The number of phosphoric ester groups is 1. The fraction of sp³-hybridized carbons (Fsp3) is 0.524. The molecule has 0 aromatic carbocycles. The van der Waals surface area contributed by atoms with E-state index in [9.17, 15) is 23.7 Å². The third-order valence-electron chi connectivity index (χ3n) is 7.60.